The number of ketones is 1. The standard InChI is InChI=1S/C21H17NO/c1-14(23)12-13-16-15-8-4-3-5-9-17(15)21-20(16)18-10-6-7-11-19(18)22(21)2/h3-13H,1-2H3/b13-12+. The van der Waals surface area contributed by atoms with E-state index in [9.17, 15) is 4.79 Å². The van der Waals surface area contributed by atoms with Crippen molar-refractivity contribution in [1.82, 2.24) is 4.57 Å². The molecule has 4 rings (SSSR count). The second-order valence-electron chi connectivity index (χ2n) is 5.90. The van der Waals surface area contributed by atoms with Gasteiger partial charge in [-0.15, -0.1) is 0 Å². The molecule has 2 aliphatic rings. The molecule has 1 aromatic carbocycles. The van der Waals surface area contributed by atoms with Crippen LogP contribution in [-0.4, -0.2) is 10.4 Å². The maximum atomic E-state index is 11.4. The summed E-state index contributed by atoms with van der Waals surface area (Å²) < 4.78 is 2.25. The van der Waals surface area contributed by atoms with Gasteiger partial charge in [0.1, 0.15) is 0 Å². The average Bonchev–Trinajstić information content (AvgIpc) is 2.87. The summed E-state index contributed by atoms with van der Waals surface area (Å²) in [4.78, 5) is 11.4. The van der Waals surface area contributed by atoms with E-state index in [-0.39, 0.29) is 5.78 Å². The minimum absolute atomic E-state index is 0.0630. The zero-order chi connectivity index (χ0) is 16.0. The van der Waals surface area contributed by atoms with Crippen molar-refractivity contribution in [3.8, 4) is 11.1 Å². The molecule has 1 heterocycles. The summed E-state index contributed by atoms with van der Waals surface area (Å²) in [5.74, 6) is 0.0630. The summed E-state index contributed by atoms with van der Waals surface area (Å²) in [6.45, 7) is 1.59. The van der Waals surface area contributed by atoms with Crippen LogP contribution in [-0.2, 0) is 11.8 Å². The lowest BCUT2D eigenvalue weighted by Gasteiger charge is -2.01. The number of aromatic nitrogens is 1. The summed E-state index contributed by atoms with van der Waals surface area (Å²) in [5, 5.41) is 2.45. The van der Waals surface area contributed by atoms with Gasteiger partial charge >= 0.3 is 0 Å². The van der Waals surface area contributed by atoms with E-state index in [1.54, 1.807) is 13.0 Å². The third-order valence-electron chi connectivity index (χ3n) is 4.44. The SMILES string of the molecule is CC(=O)/C=C/c1c2cccccc-2c2c1c1ccccc1n2C. The lowest BCUT2D eigenvalue weighted by Crippen LogP contribution is -1.86. The lowest BCUT2D eigenvalue weighted by atomic mass is 10.1. The Hall–Kier alpha value is -2.87. The van der Waals surface area contributed by atoms with Gasteiger partial charge in [-0.25, -0.2) is 0 Å². The summed E-state index contributed by atoms with van der Waals surface area (Å²) in [7, 11) is 2.11. The van der Waals surface area contributed by atoms with Crippen molar-refractivity contribution in [2.45, 2.75) is 6.92 Å². The zero-order valence-corrected chi connectivity index (χ0v) is 13.2. The van der Waals surface area contributed by atoms with Crippen molar-refractivity contribution in [2.75, 3.05) is 0 Å². The molecule has 0 amide bonds. The Labute approximate surface area is 135 Å². The number of carbonyl (C=O) groups excluding carboxylic acids is 1. The Bertz CT molecular complexity index is 1050. The first-order valence-electron chi connectivity index (χ1n) is 7.75. The van der Waals surface area contributed by atoms with Gasteiger partial charge in [-0.3, -0.25) is 4.79 Å². The van der Waals surface area contributed by atoms with Crippen LogP contribution in [0.25, 0.3) is 39.0 Å². The molecule has 23 heavy (non-hydrogen) atoms. The highest BCUT2D eigenvalue weighted by atomic mass is 16.1. The molecule has 0 unspecified atom stereocenters. The number of carbonyl (C=O) groups is 1. The van der Waals surface area contributed by atoms with Gasteiger partial charge in [0.2, 0.25) is 0 Å². The minimum Gasteiger partial charge on any atom is -0.343 e. The van der Waals surface area contributed by atoms with Crippen LogP contribution in [0.15, 0.2) is 60.7 Å². The van der Waals surface area contributed by atoms with Gasteiger partial charge in [-0.05, 0) is 30.2 Å². The zero-order valence-electron chi connectivity index (χ0n) is 13.2. The number of hydrogen-bond donors (Lipinski definition) is 0. The van der Waals surface area contributed by atoms with E-state index >= 15 is 0 Å². The molecule has 1 aromatic heterocycles. The van der Waals surface area contributed by atoms with Gasteiger partial charge in [0.25, 0.3) is 0 Å². The van der Waals surface area contributed by atoms with Crippen LogP contribution < -0.4 is 0 Å². The Kier molecular flexibility index (Phi) is 3.05. The molecule has 0 saturated heterocycles. The number of aryl methyl sites for hydroxylation is 1. The van der Waals surface area contributed by atoms with Crippen LogP contribution in [0.3, 0.4) is 0 Å². The topological polar surface area (TPSA) is 22.0 Å². The van der Waals surface area contributed by atoms with Gasteiger partial charge in [0.15, 0.2) is 5.78 Å². The molecule has 2 aliphatic carbocycles. The van der Waals surface area contributed by atoms with E-state index in [1.165, 1.54) is 32.9 Å². The molecule has 0 fully saturated rings. The first-order chi connectivity index (χ1) is 11.2. The van der Waals surface area contributed by atoms with E-state index in [0.717, 1.165) is 5.56 Å². The molecular weight excluding hydrogens is 282 g/mol. The van der Waals surface area contributed by atoms with Gasteiger partial charge in [-0.2, -0.15) is 0 Å². The number of hydrogen-bond acceptors (Lipinski definition) is 1. The molecule has 2 nitrogen and oxygen atoms in total. The van der Waals surface area contributed by atoms with Crippen molar-refractivity contribution in [1.29, 1.82) is 0 Å². The lowest BCUT2D eigenvalue weighted by molar-refractivity contribution is -0.112. The van der Waals surface area contributed by atoms with Gasteiger partial charge in [0.05, 0.1) is 5.52 Å². The number of rotatable bonds is 2. The van der Waals surface area contributed by atoms with Crippen molar-refractivity contribution >= 4 is 33.7 Å². The first kappa shape index (κ1) is 13.8. The van der Waals surface area contributed by atoms with Crippen LogP contribution in [0.5, 0.6) is 0 Å². The van der Waals surface area contributed by atoms with Crippen LogP contribution in [0.2, 0.25) is 0 Å². The highest BCUT2D eigenvalue weighted by Crippen LogP contribution is 2.44. The van der Waals surface area contributed by atoms with E-state index in [2.05, 4.69) is 60.1 Å². The number of allylic oxidation sites excluding steroid dienone is 1. The van der Waals surface area contributed by atoms with Crippen molar-refractivity contribution in [2.24, 2.45) is 7.05 Å². The molecule has 2 aromatic rings. The summed E-state index contributed by atoms with van der Waals surface area (Å²) in [6.07, 6.45) is 3.61. The van der Waals surface area contributed by atoms with Crippen molar-refractivity contribution < 1.29 is 4.79 Å². The quantitative estimate of drug-likeness (QED) is 0.475. The number of fused-ring (bicyclic) bond motifs is 5. The number of para-hydroxylation sites is 1. The van der Waals surface area contributed by atoms with Gasteiger partial charge < -0.3 is 4.57 Å². The molecule has 0 aliphatic heterocycles. The molecule has 0 atom stereocenters. The van der Waals surface area contributed by atoms with Crippen LogP contribution >= 0.6 is 0 Å². The number of nitrogens with zero attached hydrogens (tertiary/aromatic N) is 1. The first-order valence-corrected chi connectivity index (χ1v) is 7.75. The smallest absolute Gasteiger partial charge is 0.152 e. The van der Waals surface area contributed by atoms with E-state index in [4.69, 9.17) is 0 Å². The Morgan fingerprint density at radius 1 is 0.957 bits per heavy atom. The normalized spacial score (nSPS) is 11.9. The molecule has 0 spiro atoms. The van der Waals surface area contributed by atoms with E-state index in [0.29, 0.717) is 0 Å². The average molecular weight is 299 g/mol. The van der Waals surface area contributed by atoms with E-state index < -0.39 is 0 Å². The Balaban J connectivity index is 2.25. The highest BCUT2D eigenvalue weighted by molar-refractivity contribution is 6.21. The van der Waals surface area contributed by atoms with Crippen LogP contribution in [0.1, 0.15) is 12.5 Å². The molecule has 0 saturated carbocycles. The second-order valence-corrected chi connectivity index (χ2v) is 5.90. The predicted octanol–water partition coefficient (Wildman–Crippen LogP) is 5.04. The predicted molar refractivity (Wildman–Crippen MR) is 96.8 cm³/mol. The summed E-state index contributed by atoms with van der Waals surface area (Å²) >= 11 is 0. The molecule has 0 bridgehead atoms. The molecule has 0 radical (unpaired) electrons. The Morgan fingerprint density at radius 3 is 2.43 bits per heavy atom. The van der Waals surface area contributed by atoms with Crippen molar-refractivity contribution in [3.05, 3.63) is 66.2 Å². The monoisotopic (exact) mass is 299 g/mol. The third kappa shape index (κ3) is 1.99. The third-order valence-corrected chi connectivity index (χ3v) is 4.44. The Morgan fingerprint density at radius 2 is 1.65 bits per heavy atom. The van der Waals surface area contributed by atoms with Crippen molar-refractivity contribution in [3.63, 3.8) is 0 Å². The van der Waals surface area contributed by atoms with Crippen LogP contribution in [0.4, 0.5) is 0 Å². The molecule has 0 N–H and O–H groups in total. The summed E-state index contributed by atoms with van der Waals surface area (Å²) in [6, 6.07) is 18.9. The van der Waals surface area contributed by atoms with Gasteiger partial charge in [0, 0.05) is 28.9 Å². The summed E-state index contributed by atoms with van der Waals surface area (Å²) in [5.41, 5.74) is 5.95. The number of benzene rings is 1. The highest BCUT2D eigenvalue weighted by Gasteiger charge is 2.21. The second kappa shape index (κ2) is 5.10. The van der Waals surface area contributed by atoms with Gasteiger partial charge in [-0.1, -0.05) is 54.6 Å². The molecular formula is C21H17NO. The fourth-order valence-electron chi connectivity index (χ4n) is 3.48. The fraction of sp³-hybridized carbons (Fsp3) is 0.0952. The molecule has 112 valence electrons. The van der Waals surface area contributed by atoms with Crippen LogP contribution in [0, 0.1) is 0 Å². The maximum absolute atomic E-state index is 11.4. The largest absolute Gasteiger partial charge is 0.343 e. The maximum Gasteiger partial charge on any atom is 0.152 e. The van der Waals surface area contributed by atoms with E-state index in [1.807, 2.05) is 12.1 Å². The fourth-order valence-corrected chi connectivity index (χ4v) is 3.48. The minimum atomic E-state index is 0.0630. The molecule has 2 heteroatoms.